The minimum atomic E-state index is -0.390. The van der Waals surface area contributed by atoms with Gasteiger partial charge in [0.1, 0.15) is 18.5 Å². The summed E-state index contributed by atoms with van der Waals surface area (Å²) in [4.78, 5) is 34.0. The van der Waals surface area contributed by atoms with Gasteiger partial charge in [0, 0.05) is 32.4 Å². The van der Waals surface area contributed by atoms with Crippen LogP contribution in [0.25, 0.3) is 5.82 Å². The number of nitrogens with zero attached hydrogens (tertiary/aromatic N) is 6. The highest BCUT2D eigenvalue weighted by Gasteiger charge is 2.49. The predicted octanol–water partition coefficient (Wildman–Crippen LogP) is 1.53. The van der Waals surface area contributed by atoms with Crippen molar-refractivity contribution < 1.29 is 9.59 Å². The lowest BCUT2D eigenvalue weighted by Crippen LogP contribution is -2.50. The van der Waals surface area contributed by atoms with Gasteiger partial charge in [0.2, 0.25) is 5.91 Å². The third-order valence-corrected chi connectivity index (χ3v) is 5.64. The molecule has 2 saturated heterocycles. The van der Waals surface area contributed by atoms with Crippen LogP contribution in [0.2, 0.25) is 0 Å². The average molecular weight is 368 g/mol. The Balaban J connectivity index is 1.47. The van der Waals surface area contributed by atoms with E-state index in [0.717, 1.165) is 38.8 Å². The number of aromatic nitrogens is 4. The molecule has 27 heavy (non-hydrogen) atoms. The molecular formula is C19H24N6O2. The van der Waals surface area contributed by atoms with Crippen LogP contribution in [-0.4, -0.2) is 67.5 Å². The van der Waals surface area contributed by atoms with Gasteiger partial charge in [-0.2, -0.15) is 0 Å². The number of hydrogen-bond donors (Lipinski definition) is 0. The second kappa shape index (κ2) is 7.09. The van der Waals surface area contributed by atoms with Gasteiger partial charge < -0.3 is 9.80 Å². The first-order chi connectivity index (χ1) is 13.1. The molecule has 1 atom stereocenters. The van der Waals surface area contributed by atoms with Crippen molar-refractivity contribution in [3.8, 4) is 5.82 Å². The molecule has 2 aliphatic rings. The van der Waals surface area contributed by atoms with Gasteiger partial charge in [0.05, 0.1) is 11.0 Å². The van der Waals surface area contributed by atoms with Gasteiger partial charge >= 0.3 is 0 Å². The molecule has 1 spiro atoms. The van der Waals surface area contributed by atoms with Crippen molar-refractivity contribution in [1.82, 2.24) is 29.5 Å². The zero-order valence-electron chi connectivity index (χ0n) is 15.5. The van der Waals surface area contributed by atoms with Crippen LogP contribution in [0.3, 0.4) is 0 Å². The van der Waals surface area contributed by atoms with Gasteiger partial charge in [-0.25, -0.2) is 4.98 Å². The van der Waals surface area contributed by atoms with E-state index in [-0.39, 0.29) is 17.2 Å². The van der Waals surface area contributed by atoms with Gasteiger partial charge in [-0.05, 0) is 37.8 Å². The summed E-state index contributed by atoms with van der Waals surface area (Å²) in [6, 6.07) is 3.54. The molecule has 2 amide bonds. The van der Waals surface area contributed by atoms with Crippen molar-refractivity contribution in [3.05, 3.63) is 36.5 Å². The van der Waals surface area contributed by atoms with Crippen molar-refractivity contribution in [1.29, 1.82) is 0 Å². The zero-order chi connectivity index (χ0) is 18.9. The van der Waals surface area contributed by atoms with Gasteiger partial charge in [-0.15, -0.1) is 10.2 Å². The van der Waals surface area contributed by atoms with Crippen LogP contribution >= 0.6 is 0 Å². The molecule has 2 fully saturated rings. The molecule has 0 radical (unpaired) electrons. The average Bonchev–Trinajstić information content (AvgIpc) is 3.37. The minimum absolute atomic E-state index is 0.0601. The summed E-state index contributed by atoms with van der Waals surface area (Å²) >= 11 is 0. The van der Waals surface area contributed by atoms with E-state index in [1.54, 1.807) is 35.6 Å². The number of likely N-dealkylation sites (tertiary alicyclic amines) is 2. The lowest BCUT2D eigenvalue weighted by atomic mass is 9.78. The van der Waals surface area contributed by atoms with Crippen LogP contribution in [0.1, 0.15) is 43.0 Å². The molecular weight excluding hydrogens is 344 g/mol. The van der Waals surface area contributed by atoms with Crippen LogP contribution in [0.4, 0.5) is 0 Å². The summed E-state index contributed by atoms with van der Waals surface area (Å²) in [7, 11) is 0. The molecule has 0 aromatic carbocycles. The topological polar surface area (TPSA) is 84.2 Å². The van der Waals surface area contributed by atoms with Crippen LogP contribution in [0.15, 0.2) is 31.0 Å². The van der Waals surface area contributed by atoms with E-state index in [4.69, 9.17) is 0 Å². The first-order valence-corrected chi connectivity index (χ1v) is 9.53. The van der Waals surface area contributed by atoms with E-state index in [2.05, 4.69) is 22.1 Å². The molecule has 4 rings (SSSR count). The molecule has 1 unspecified atom stereocenters. The van der Waals surface area contributed by atoms with Crippen molar-refractivity contribution in [2.24, 2.45) is 5.41 Å². The normalized spacial score (nSPS) is 22.6. The highest BCUT2D eigenvalue weighted by molar-refractivity contribution is 5.95. The monoisotopic (exact) mass is 368 g/mol. The summed E-state index contributed by atoms with van der Waals surface area (Å²) in [5.74, 6) is 0.828. The summed E-state index contributed by atoms with van der Waals surface area (Å²) < 4.78 is 1.68. The Kier molecular flexibility index (Phi) is 4.63. The fourth-order valence-corrected chi connectivity index (χ4v) is 4.23. The molecule has 142 valence electrons. The maximum Gasteiger partial charge on any atom is 0.255 e. The first-order valence-electron chi connectivity index (χ1n) is 9.53. The minimum Gasteiger partial charge on any atom is -0.342 e. The predicted molar refractivity (Wildman–Crippen MR) is 98.2 cm³/mol. The molecule has 0 saturated carbocycles. The number of pyridine rings is 1. The Morgan fingerprint density at radius 1 is 1.19 bits per heavy atom. The zero-order valence-corrected chi connectivity index (χ0v) is 15.5. The Morgan fingerprint density at radius 3 is 2.70 bits per heavy atom. The second-order valence-electron chi connectivity index (χ2n) is 7.43. The molecule has 4 heterocycles. The Labute approximate surface area is 158 Å². The molecule has 0 aliphatic carbocycles. The first kappa shape index (κ1) is 17.6. The molecule has 2 aromatic rings. The highest BCUT2D eigenvalue weighted by atomic mass is 16.2. The maximum absolute atomic E-state index is 13.0. The maximum atomic E-state index is 13.0. The lowest BCUT2D eigenvalue weighted by Gasteiger charge is -2.39. The lowest BCUT2D eigenvalue weighted by molar-refractivity contribution is -0.145. The van der Waals surface area contributed by atoms with Crippen molar-refractivity contribution >= 4 is 11.8 Å². The smallest absolute Gasteiger partial charge is 0.255 e. The van der Waals surface area contributed by atoms with Crippen LogP contribution < -0.4 is 0 Å². The second-order valence-corrected chi connectivity index (χ2v) is 7.43. The third kappa shape index (κ3) is 3.20. The fraction of sp³-hybridized carbons (Fsp3) is 0.526. The number of hydrogen-bond acceptors (Lipinski definition) is 5. The number of carbonyl (C=O) groups excluding carboxylic acids is 2. The molecule has 0 bridgehead atoms. The van der Waals surface area contributed by atoms with E-state index in [0.29, 0.717) is 24.5 Å². The van der Waals surface area contributed by atoms with Crippen molar-refractivity contribution in [2.75, 3.05) is 26.2 Å². The van der Waals surface area contributed by atoms with E-state index in [1.165, 1.54) is 0 Å². The molecule has 0 N–H and O–H groups in total. The van der Waals surface area contributed by atoms with E-state index in [9.17, 15) is 9.59 Å². The number of piperidine rings is 1. The SMILES string of the molecule is CCCN1CCCC2(CCN(C(=O)c3ccc(-n4cnnc4)nc3)C2)C1=O. The number of carbonyl (C=O) groups is 2. The number of rotatable bonds is 4. The highest BCUT2D eigenvalue weighted by Crippen LogP contribution is 2.40. The van der Waals surface area contributed by atoms with Gasteiger partial charge in [0.15, 0.2) is 0 Å². The van der Waals surface area contributed by atoms with Crippen molar-refractivity contribution in [2.45, 2.75) is 32.6 Å². The molecule has 2 aliphatic heterocycles. The van der Waals surface area contributed by atoms with E-state index < -0.39 is 0 Å². The summed E-state index contributed by atoms with van der Waals surface area (Å²) in [5, 5.41) is 7.51. The third-order valence-electron chi connectivity index (χ3n) is 5.64. The van der Waals surface area contributed by atoms with Crippen LogP contribution in [0.5, 0.6) is 0 Å². The van der Waals surface area contributed by atoms with Gasteiger partial charge in [0.25, 0.3) is 5.91 Å². The Morgan fingerprint density at radius 2 is 2.00 bits per heavy atom. The summed E-state index contributed by atoms with van der Waals surface area (Å²) in [6.07, 6.45) is 8.31. The van der Waals surface area contributed by atoms with Crippen molar-refractivity contribution in [3.63, 3.8) is 0 Å². The molecule has 8 nitrogen and oxygen atoms in total. The fourth-order valence-electron chi connectivity index (χ4n) is 4.23. The molecule has 8 heteroatoms. The quantitative estimate of drug-likeness (QED) is 0.817. The Bertz CT molecular complexity index is 817. The van der Waals surface area contributed by atoms with E-state index >= 15 is 0 Å². The van der Waals surface area contributed by atoms with E-state index in [1.807, 2.05) is 9.80 Å². The van der Waals surface area contributed by atoms with Gasteiger partial charge in [-0.3, -0.25) is 14.2 Å². The number of amides is 2. The molecule has 2 aromatic heterocycles. The van der Waals surface area contributed by atoms with Gasteiger partial charge in [-0.1, -0.05) is 6.92 Å². The van der Waals surface area contributed by atoms with Crippen LogP contribution in [0, 0.1) is 5.41 Å². The largest absolute Gasteiger partial charge is 0.342 e. The standard InChI is InChI=1S/C19H24N6O2/c1-2-8-23-9-3-6-19(18(23)27)7-10-24(12-19)17(26)15-4-5-16(20-11-15)25-13-21-22-14-25/h4-5,11,13-14H,2-3,6-10,12H2,1H3. The van der Waals surface area contributed by atoms with Crippen LogP contribution in [-0.2, 0) is 4.79 Å². The Hall–Kier alpha value is -2.77. The summed E-state index contributed by atoms with van der Waals surface area (Å²) in [5.41, 5.74) is 0.149. The summed E-state index contributed by atoms with van der Waals surface area (Å²) in [6.45, 7) is 4.88.